The van der Waals surface area contributed by atoms with Gasteiger partial charge in [-0.05, 0) is 37.8 Å². The lowest BCUT2D eigenvalue weighted by molar-refractivity contribution is 0.415. The van der Waals surface area contributed by atoms with Crippen LogP contribution >= 0.6 is 0 Å². The Kier molecular flexibility index (Phi) is 4.19. The van der Waals surface area contributed by atoms with Gasteiger partial charge in [-0.3, -0.25) is 0 Å². The minimum Gasteiger partial charge on any atom is -0.312 e. The summed E-state index contributed by atoms with van der Waals surface area (Å²) in [4.78, 5) is 9.49. The molecule has 1 fully saturated rings. The number of pyridine rings is 1. The minimum atomic E-state index is 0.565. The Labute approximate surface area is 125 Å². The lowest BCUT2D eigenvalue weighted by Gasteiger charge is -2.22. The van der Waals surface area contributed by atoms with Crippen LogP contribution in [0.3, 0.4) is 0 Å². The molecule has 21 heavy (non-hydrogen) atoms. The molecule has 1 aliphatic rings. The van der Waals surface area contributed by atoms with Crippen LogP contribution in [0.2, 0.25) is 0 Å². The molecule has 0 aliphatic heterocycles. The van der Waals surface area contributed by atoms with E-state index in [0.29, 0.717) is 12.3 Å². The summed E-state index contributed by atoms with van der Waals surface area (Å²) in [6.45, 7) is 2.91. The molecule has 0 unspecified atom stereocenters. The SMILES string of the molecule is Cc1cnc2c(c1)nc(C1CCCCC1)n2CCCC#N. The molecule has 3 rings (SSSR count). The third-order valence-corrected chi connectivity index (χ3v) is 4.39. The first-order chi connectivity index (χ1) is 10.3. The van der Waals surface area contributed by atoms with Gasteiger partial charge < -0.3 is 4.57 Å². The Morgan fingerprint density at radius 1 is 1.33 bits per heavy atom. The molecule has 0 N–H and O–H groups in total. The van der Waals surface area contributed by atoms with Crippen molar-refractivity contribution in [2.75, 3.05) is 0 Å². The van der Waals surface area contributed by atoms with Crippen LogP contribution < -0.4 is 0 Å². The molecular formula is C17H22N4. The van der Waals surface area contributed by atoms with E-state index in [0.717, 1.165) is 29.7 Å². The highest BCUT2D eigenvalue weighted by atomic mass is 15.1. The number of fused-ring (bicyclic) bond motifs is 1. The molecule has 110 valence electrons. The summed E-state index contributed by atoms with van der Waals surface area (Å²) < 4.78 is 2.27. The van der Waals surface area contributed by atoms with E-state index in [-0.39, 0.29) is 0 Å². The van der Waals surface area contributed by atoms with Crippen molar-refractivity contribution in [3.8, 4) is 6.07 Å². The summed E-state index contributed by atoms with van der Waals surface area (Å²) in [5, 5.41) is 8.77. The molecule has 2 aromatic rings. The third-order valence-electron chi connectivity index (χ3n) is 4.39. The number of hydrogen-bond donors (Lipinski definition) is 0. The van der Waals surface area contributed by atoms with E-state index in [1.54, 1.807) is 0 Å². The predicted molar refractivity (Wildman–Crippen MR) is 82.9 cm³/mol. The first kappa shape index (κ1) is 14.1. The van der Waals surface area contributed by atoms with Crippen molar-refractivity contribution in [2.45, 2.75) is 64.3 Å². The first-order valence-corrected chi connectivity index (χ1v) is 7.99. The van der Waals surface area contributed by atoms with Crippen molar-refractivity contribution in [1.82, 2.24) is 14.5 Å². The van der Waals surface area contributed by atoms with Crippen LogP contribution in [0.1, 0.15) is 62.3 Å². The average molecular weight is 282 g/mol. The summed E-state index contributed by atoms with van der Waals surface area (Å²) in [6, 6.07) is 4.35. The van der Waals surface area contributed by atoms with Crippen molar-refractivity contribution in [1.29, 1.82) is 5.26 Å². The molecule has 2 heterocycles. The van der Waals surface area contributed by atoms with Crippen LogP contribution in [0.15, 0.2) is 12.3 Å². The van der Waals surface area contributed by atoms with Gasteiger partial charge in [0.2, 0.25) is 0 Å². The normalized spacial score (nSPS) is 16.2. The zero-order chi connectivity index (χ0) is 14.7. The number of aryl methyl sites for hydroxylation is 2. The second-order valence-electron chi connectivity index (χ2n) is 6.07. The predicted octanol–water partition coefficient (Wildman–Crippen LogP) is 4.09. The van der Waals surface area contributed by atoms with Crippen LogP contribution in [0.25, 0.3) is 11.2 Å². The van der Waals surface area contributed by atoms with Crippen LogP contribution in [0, 0.1) is 18.3 Å². The van der Waals surface area contributed by atoms with Crippen molar-refractivity contribution in [2.24, 2.45) is 0 Å². The molecule has 0 amide bonds. The maximum atomic E-state index is 8.77. The average Bonchev–Trinajstić information content (AvgIpc) is 2.86. The van der Waals surface area contributed by atoms with Gasteiger partial charge in [0.1, 0.15) is 11.3 Å². The number of hydrogen-bond acceptors (Lipinski definition) is 3. The van der Waals surface area contributed by atoms with Gasteiger partial charge in [-0.2, -0.15) is 5.26 Å². The standard InChI is InChI=1S/C17H22N4/c1-13-11-15-17(19-12-13)21(10-6-5-9-18)16(20-15)14-7-3-2-4-8-14/h11-12,14H,2-8,10H2,1H3. The number of nitrogens with zero attached hydrogens (tertiary/aromatic N) is 4. The maximum Gasteiger partial charge on any atom is 0.160 e. The number of aromatic nitrogens is 3. The topological polar surface area (TPSA) is 54.5 Å². The Hall–Kier alpha value is -1.89. The molecule has 0 aromatic carbocycles. The van der Waals surface area contributed by atoms with Crippen molar-refractivity contribution < 1.29 is 0 Å². The molecule has 1 aliphatic carbocycles. The maximum absolute atomic E-state index is 8.77. The van der Waals surface area contributed by atoms with Gasteiger partial charge in [-0.15, -0.1) is 0 Å². The number of nitriles is 1. The molecular weight excluding hydrogens is 260 g/mol. The fraction of sp³-hybridized carbons (Fsp3) is 0.588. The van der Waals surface area contributed by atoms with Crippen molar-refractivity contribution in [3.05, 3.63) is 23.7 Å². The first-order valence-electron chi connectivity index (χ1n) is 7.99. The fourth-order valence-corrected chi connectivity index (χ4v) is 3.34. The summed E-state index contributed by atoms with van der Waals surface area (Å²) in [7, 11) is 0. The van der Waals surface area contributed by atoms with Crippen LogP contribution in [-0.4, -0.2) is 14.5 Å². The molecule has 0 saturated heterocycles. The van der Waals surface area contributed by atoms with E-state index in [1.165, 1.54) is 37.9 Å². The monoisotopic (exact) mass is 282 g/mol. The van der Waals surface area contributed by atoms with E-state index >= 15 is 0 Å². The molecule has 0 atom stereocenters. The lowest BCUT2D eigenvalue weighted by Crippen LogP contribution is -2.12. The van der Waals surface area contributed by atoms with Crippen molar-refractivity contribution >= 4 is 11.2 Å². The van der Waals surface area contributed by atoms with Gasteiger partial charge in [0.25, 0.3) is 0 Å². The molecule has 0 radical (unpaired) electrons. The van der Waals surface area contributed by atoms with Gasteiger partial charge in [0, 0.05) is 25.1 Å². The molecule has 0 spiro atoms. The Bertz CT molecular complexity index is 659. The number of unbranched alkanes of at least 4 members (excludes halogenated alkanes) is 1. The van der Waals surface area contributed by atoms with Crippen LogP contribution in [0.5, 0.6) is 0 Å². The molecule has 0 bridgehead atoms. The van der Waals surface area contributed by atoms with Crippen molar-refractivity contribution in [3.63, 3.8) is 0 Å². The summed E-state index contributed by atoms with van der Waals surface area (Å²) in [5.41, 5.74) is 3.14. The molecule has 4 heteroatoms. The highest BCUT2D eigenvalue weighted by Crippen LogP contribution is 2.33. The smallest absolute Gasteiger partial charge is 0.160 e. The van der Waals surface area contributed by atoms with Gasteiger partial charge in [0.15, 0.2) is 5.65 Å². The van der Waals surface area contributed by atoms with E-state index < -0.39 is 0 Å². The summed E-state index contributed by atoms with van der Waals surface area (Å²) in [6.07, 6.45) is 9.81. The van der Waals surface area contributed by atoms with Crippen LogP contribution in [0.4, 0.5) is 0 Å². The Morgan fingerprint density at radius 3 is 2.90 bits per heavy atom. The molecule has 2 aromatic heterocycles. The van der Waals surface area contributed by atoms with Gasteiger partial charge in [-0.1, -0.05) is 19.3 Å². The largest absolute Gasteiger partial charge is 0.312 e. The zero-order valence-corrected chi connectivity index (χ0v) is 12.7. The van der Waals surface area contributed by atoms with Gasteiger partial charge in [-0.25, -0.2) is 9.97 Å². The Morgan fingerprint density at radius 2 is 2.14 bits per heavy atom. The van der Waals surface area contributed by atoms with Gasteiger partial charge in [0.05, 0.1) is 6.07 Å². The summed E-state index contributed by atoms with van der Waals surface area (Å²) >= 11 is 0. The highest BCUT2D eigenvalue weighted by molar-refractivity contribution is 5.72. The summed E-state index contributed by atoms with van der Waals surface area (Å²) in [5.74, 6) is 1.76. The van der Waals surface area contributed by atoms with E-state index in [2.05, 4.69) is 28.6 Å². The lowest BCUT2D eigenvalue weighted by atomic mass is 9.88. The molecule has 4 nitrogen and oxygen atoms in total. The second kappa shape index (κ2) is 6.26. The van der Waals surface area contributed by atoms with E-state index in [9.17, 15) is 0 Å². The molecule has 1 saturated carbocycles. The number of imidazole rings is 1. The zero-order valence-electron chi connectivity index (χ0n) is 12.7. The Balaban J connectivity index is 1.99. The third kappa shape index (κ3) is 2.92. The van der Waals surface area contributed by atoms with E-state index in [4.69, 9.17) is 10.2 Å². The fourth-order valence-electron chi connectivity index (χ4n) is 3.34. The van der Waals surface area contributed by atoms with Crippen LogP contribution in [-0.2, 0) is 6.54 Å². The van der Waals surface area contributed by atoms with E-state index in [1.807, 2.05) is 6.20 Å². The second-order valence-corrected chi connectivity index (χ2v) is 6.07. The minimum absolute atomic E-state index is 0.565. The quantitative estimate of drug-likeness (QED) is 0.794. The highest BCUT2D eigenvalue weighted by Gasteiger charge is 2.22. The van der Waals surface area contributed by atoms with Gasteiger partial charge >= 0.3 is 0 Å². The number of rotatable bonds is 4.